The Morgan fingerprint density at radius 1 is 0.929 bits per heavy atom. The number of aliphatic hydroxyl groups is 4. The topological polar surface area (TPSA) is 191 Å². The summed E-state index contributed by atoms with van der Waals surface area (Å²) in [6.07, 6.45) is -4.80. The Hall–Kier alpha value is -1.99. The van der Waals surface area contributed by atoms with E-state index in [0.717, 1.165) is 0 Å². The van der Waals surface area contributed by atoms with E-state index < -0.39 is 50.3 Å². The lowest BCUT2D eigenvalue weighted by atomic mass is 10.1. The highest BCUT2D eigenvalue weighted by atomic mass is 16.6. The van der Waals surface area contributed by atoms with Crippen LogP contribution in [0.3, 0.4) is 0 Å². The third kappa shape index (κ3) is 11.7. The summed E-state index contributed by atoms with van der Waals surface area (Å²) in [4.78, 5) is 23.0. The van der Waals surface area contributed by atoms with Crippen LogP contribution in [0.1, 0.15) is 20.8 Å². The van der Waals surface area contributed by atoms with Gasteiger partial charge < -0.3 is 40.0 Å². The van der Waals surface area contributed by atoms with Crippen LogP contribution in [0.15, 0.2) is 0 Å². The number of ether oxygens (including phenoxy) is 3. The highest BCUT2D eigenvalue weighted by Crippen LogP contribution is 2.06. The maximum absolute atomic E-state index is 11.6. The molecule has 0 aromatic heterocycles. The van der Waals surface area contributed by atoms with E-state index in [1.165, 1.54) is 0 Å². The van der Waals surface area contributed by atoms with Crippen LogP contribution in [0.2, 0.25) is 0 Å². The predicted molar refractivity (Wildman–Crippen MR) is 96.9 cm³/mol. The molecule has 0 radical (unpaired) electrons. The molecule has 0 rings (SSSR count). The van der Waals surface area contributed by atoms with Crippen molar-refractivity contribution in [1.82, 2.24) is 10.6 Å². The number of carbonyl (C=O) groups is 2. The van der Waals surface area contributed by atoms with Gasteiger partial charge in [-0.25, -0.2) is 9.59 Å². The normalized spacial score (nSPS) is 16.2. The minimum atomic E-state index is -1.19. The molecular formula is C16H31N3O9. The van der Waals surface area contributed by atoms with Crippen molar-refractivity contribution in [3.05, 3.63) is 0 Å². The van der Waals surface area contributed by atoms with Crippen LogP contribution in [0.25, 0.3) is 0 Å². The van der Waals surface area contributed by atoms with Crippen molar-refractivity contribution in [3.8, 4) is 0 Å². The van der Waals surface area contributed by atoms with Gasteiger partial charge in [0.15, 0.2) is 0 Å². The van der Waals surface area contributed by atoms with Gasteiger partial charge in [0.25, 0.3) is 0 Å². The number of hydrogen-bond donors (Lipinski definition) is 7. The monoisotopic (exact) mass is 409 g/mol. The maximum Gasteiger partial charge on any atom is 0.412 e. The number of amides is 2. The Bertz CT molecular complexity index is 492. The van der Waals surface area contributed by atoms with Crippen LogP contribution in [0.5, 0.6) is 0 Å². The lowest BCUT2D eigenvalue weighted by molar-refractivity contribution is 0.0287. The fourth-order valence-corrected chi connectivity index (χ4v) is 1.59. The summed E-state index contributed by atoms with van der Waals surface area (Å²) in [6, 6.07) is -0.349. The van der Waals surface area contributed by atoms with Crippen LogP contribution in [0.4, 0.5) is 9.59 Å². The van der Waals surface area contributed by atoms with Crippen molar-refractivity contribution in [1.29, 1.82) is 5.41 Å². The number of nitrogens with one attached hydrogen (secondary N) is 3. The Morgan fingerprint density at radius 3 is 1.93 bits per heavy atom. The molecule has 0 spiro atoms. The summed E-state index contributed by atoms with van der Waals surface area (Å²) in [5.41, 5.74) is 0. The number of carbonyl (C=O) groups excluding carboxylic acids is 2. The van der Waals surface area contributed by atoms with Gasteiger partial charge >= 0.3 is 12.2 Å². The van der Waals surface area contributed by atoms with Gasteiger partial charge in [0, 0.05) is 6.04 Å². The first kappa shape index (κ1) is 26.0. The van der Waals surface area contributed by atoms with E-state index in [1.807, 2.05) is 0 Å². The van der Waals surface area contributed by atoms with Crippen LogP contribution >= 0.6 is 0 Å². The van der Waals surface area contributed by atoms with Gasteiger partial charge in [0.1, 0.15) is 37.4 Å². The number of amidine groups is 1. The van der Waals surface area contributed by atoms with E-state index in [1.54, 1.807) is 20.8 Å². The Balaban J connectivity index is 4.16. The molecule has 0 heterocycles. The lowest BCUT2D eigenvalue weighted by Gasteiger charge is -2.23. The van der Waals surface area contributed by atoms with Gasteiger partial charge in [0.2, 0.25) is 0 Å². The van der Waals surface area contributed by atoms with E-state index in [-0.39, 0.29) is 31.0 Å². The van der Waals surface area contributed by atoms with Gasteiger partial charge in [-0.05, 0) is 19.8 Å². The molecular weight excluding hydrogens is 378 g/mol. The largest absolute Gasteiger partial charge is 0.447 e. The third-order valence-electron chi connectivity index (χ3n) is 3.69. The van der Waals surface area contributed by atoms with Crippen LogP contribution < -0.4 is 10.6 Å². The molecule has 0 saturated heterocycles. The van der Waals surface area contributed by atoms with Gasteiger partial charge in [-0.15, -0.1) is 0 Å². The average Bonchev–Trinajstić information content (AvgIpc) is 2.67. The molecule has 28 heavy (non-hydrogen) atoms. The highest BCUT2D eigenvalue weighted by Gasteiger charge is 2.20. The molecule has 164 valence electrons. The number of aliphatic hydroxyl groups excluding tert-OH is 4. The van der Waals surface area contributed by atoms with E-state index >= 15 is 0 Å². The zero-order valence-electron chi connectivity index (χ0n) is 16.3. The van der Waals surface area contributed by atoms with Gasteiger partial charge in [0.05, 0.1) is 19.8 Å². The van der Waals surface area contributed by atoms with Crippen molar-refractivity contribution in [3.63, 3.8) is 0 Å². The van der Waals surface area contributed by atoms with E-state index in [0.29, 0.717) is 0 Å². The van der Waals surface area contributed by atoms with Gasteiger partial charge in [-0.3, -0.25) is 10.7 Å². The predicted octanol–water partition coefficient (Wildman–Crippen LogP) is -1.45. The molecule has 12 heteroatoms. The fraction of sp³-hybridized carbons (Fsp3) is 0.812. The third-order valence-corrected chi connectivity index (χ3v) is 3.69. The molecule has 7 N–H and O–H groups in total. The zero-order valence-corrected chi connectivity index (χ0v) is 16.3. The first-order chi connectivity index (χ1) is 13.1. The minimum Gasteiger partial charge on any atom is -0.447 e. The molecule has 0 saturated carbocycles. The SMILES string of the molecule is CC(OCC(C)C(C)NC(=O)OCC(O)CO)C(=N)NC(=O)OCC(O)CO. The molecule has 12 nitrogen and oxygen atoms in total. The molecule has 0 aliphatic heterocycles. The summed E-state index contributed by atoms with van der Waals surface area (Å²) in [6.45, 7) is 3.41. The van der Waals surface area contributed by atoms with Crippen molar-refractivity contribution < 1.29 is 44.2 Å². The van der Waals surface area contributed by atoms with Crippen molar-refractivity contribution in [2.75, 3.05) is 33.0 Å². The molecule has 5 atom stereocenters. The van der Waals surface area contributed by atoms with E-state index in [4.69, 9.17) is 35.3 Å². The second kappa shape index (κ2) is 14.1. The summed E-state index contributed by atoms with van der Waals surface area (Å²) in [7, 11) is 0. The minimum absolute atomic E-state index is 0.157. The molecule has 0 aliphatic rings. The Labute approximate surface area is 163 Å². The molecule has 5 unspecified atom stereocenters. The van der Waals surface area contributed by atoms with Crippen LogP contribution in [0, 0.1) is 11.3 Å². The first-order valence-corrected chi connectivity index (χ1v) is 8.75. The van der Waals surface area contributed by atoms with Crippen molar-refractivity contribution >= 4 is 18.0 Å². The number of hydrogen-bond acceptors (Lipinski definition) is 10. The van der Waals surface area contributed by atoms with Crippen molar-refractivity contribution in [2.45, 2.75) is 45.1 Å². The molecule has 0 bridgehead atoms. The molecule has 2 amide bonds. The smallest absolute Gasteiger partial charge is 0.412 e. The standard InChI is InChI=1S/C16H31N3O9/c1-9(10(2)18-15(24)27-7-12(22)4-20)6-26-11(3)14(17)19-16(25)28-8-13(23)5-21/h9-13,20-23H,4-8H2,1-3H3,(H,18,24)(H2,17,19,25). The first-order valence-electron chi connectivity index (χ1n) is 8.75. The highest BCUT2D eigenvalue weighted by molar-refractivity contribution is 5.95. The summed E-state index contributed by atoms with van der Waals surface area (Å²) < 4.78 is 14.8. The van der Waals surface area contributed by atoms with Gasteiger partial charge in [-0.1, -0.05) is 6.92 Å². The number of rotatable bonds is 12. The zero-order chi connectivity index (χ0) is 21.7. The fourth-order valence-electron chi connectivity index (χ4n) is 1.59. The maximum atomic E-state index is 11.6. The lowest BCUT2D eigenvalue weighted by Crippen LogP contribution is -2.42. The molecule has 0 aromatic rings. The molecule has 0 fully saturated rings. The van der Waals surface area contributed by atoms with Crippen LogP contribution in [-0.2, 0) is 14.2 Å². The number of alkyl carbamates (subject to hydrolysis) is 2. The molecule has 0 aromatic carbocycles. The average molecular weight is 409 g/mol. The van der Waals surface area contributed by atoms with Gasteiger partial charge in [-0.2, -0.15) is 0 Å². The summed E-state index contributed by atoms with van der Waals surface area (Å²) in [5.74, 6) is -0.425. The second-order valence-corrected chi connectivity index (χ2v) is 6.29. The Morgan fingerprint density at radius 2 is 1.43 bits per heavy atom. The van der Waals surface area contributed by atoms with Crippen LogP contribution in [-0.4, -0.2) is 95.8 Å². The van der Waals surface area contributed by atoms with Crippen molar-refractivity contribution in [2.24, 2.45) is 5.92 Å². The quantitative estimate of drug-likeness (QED) is 0.149. The summed E-state index contributed by atoms with van der Waals surface area (Å²) >= 11 is 0. The summed E-state index contributed by atoms with van der Waals surface area (Å²) in [5, 5.41) is 47.9. The van der Waals surface area contributed by atoms with E-state index in [9.17, 15) is 9.59 Å². The molecule has 0 aliphatic carbocycles. The van der Waals surface area contributed by atoms with E-state index in [2.05, 4.69) is 15.4 Å². The Kier molecular flexibility index (Phi) is 13.1. The second-order valence-electron chi connectivity index (χ2n) is 6.29.